The lowest BCUT2D eigenvalue weighted by Crippen LogP contribution is -2.10. The lowest BCUT2D eigenvalue weighted by Gasteiger charge is -2.04. The highest BCUT2D eigenvalue weighted by molar-refractivity contribution is 5.58. The molecule has 3 nitrogen and oxygen atoms in total. The molecule has 2 rings (SSSR count). The lowest BCUT2D eigenvalue weighted by molar-refractivity contribution is 0.199. The molecule has 0 bridgehead atoms. The zero-order chi connectivity index (χ0) is 13.0. The smallest absolute Gasteiger partial charge is 0.134 e. The minimum atomic E-state index is -0.431. The van der Waals surface area contributed by atoms with Crippen LogP contribution in [0, 0.1) is 0 Å². The normalized spacial score (nSPS) is 12.6. The summed E-state index contributed by atoms with van der Waals surface area (Å²) in [5.41, 5.74) is 1.94. The van der Waals surface area contributed by atoms with Crippen LogP contribution in [-0.4, -0.2) is 11.7 Å². The van der Waals surface area contributed by atoms with E-state index in [1.165, 1.54) is 0 Å². The van der Waals surface area contributed by atoms with Crippen LogP contribution in [0.15, 0.2) is 40.8 Å². The van der Waals surface area contributed by atoms with Crippen LogP contribution in [0.25, 0.3) is 11.3 Å². The van der Waals surface area contributed by atoms with Gasteiger partial charge in [0.15, 0.2) is 0 Å². The van der Waals surface area contributed by atoms with Gasteiger partial charge in [0.05, 0.1) is 12.6 Å². The molecule has 1 atom stereocenters. The zero-order valence-electron chi connectivity index (χ0n) is 10.8. The fraction of sp³-hybridized carbons (Fsp3) is 0.333. The zero-order valence-corrected chi connectivity index (χ0v) is 10.8. The van der Waals surface area contributed by atoms with E-state index in [1.807, 2.05) is 36.4 Å². The van der Waals surface area contributed by atoms with Gasteiger partial charge in [-0.25, -0.2) is 0 Å². The van der Waals surface area contributed by atoms with Crippen LogP contribution in [0.2, 0.25) is 0 Å². The van der Waals surface area contributed by atoms with E-state index in [9.17, 15) is 5.11 Å². The maximum atomic E-state index is 9.45. The number of nitrogens with one attached hydrogen (secondary N) is 1. The average molecular weight is 245 g/mol. The molecular weight excluding hydrogens is 226 g/mol. The second-order valence-electron chi connectivity index (χ2n) is 4.34. The standard InChI is InChI=1S/C15H19NO2/c1-3-16-10-14-8-9-15(18-14)13-6-4-12(5-7-13)11(2)17/h4-9,11,16-17H,3,10H2,1-2H3/t11-/m1/s1. The van der Waals surface area contributed by atoms with Crippen LogP contribution in [0.5, 0.6) is 0 Å². The first-order chi connectivity index (χ1) is 8.70. The number of hydrogen-bond donors (Lipinski definition) is 2. The molecule has 0 saturated carbocycles. The predicted octanol–water partition coefficient (Wildman–Crippen LogP) is 3.11. The van der Waals surface area contributed by atoms with E-state index >= 15 is 0 Å². The van der Waals surface area contributed by atoms with Gasteiger partial charge in [-0.2, -0.15) is 0 Å². The molecule has 0 saturated heterocycles. The quantitative estimate of drug-likeness (QED) is 0.850. The van der Waals surface area contributed by atoms with E-state index in [-0.39, 0.29) is 0 Å². The van der Waals surface area contributed by atoms with E-state index in [2.05, 4.69) is 12.2 Å². The Hall–Kier alpha value is -1.58. The third-order valence-corrected chi connectivity index (χ3v) is 2.89. The van der Waals surface area contributed by atoms with Crippen molar-refractivity contribution < 1.29 is 9.52 Å². The molecule has 0 aliphatic heterocycles. The molecule has 0 unspecified atom stereocenters. The van der Waals surface area contributed by atoms with Gasteiger partial charge in [0.1, 0.15) is 11.5 Å². The summed E-state index contributed by atoms with van der Waals surface area (Å²) in [6, 6.07) is 11.7. The van der Waals surface area contributed by atoms with Crippen molar-refractivity contribution in [2.75, 3.05) is 6.54 Å². The summed E-state index contributed by atoms with van der Waals surface area (Å²) in [6.07, 6.45) is -0.431. The maximum Gasteiger partial charge on any atom is 0.134 e. The Kier molecular flexibility index (Phi) is 4.18. The Balaban J connectivity index is 2.13. The van der Waals surface area contributed by atoms with Gasteiger partial charge >= 0.3 is 0 Å². The lowest BCUT2D eigenvalue weighted by atomic mass is 10.1. The summed E-state index contributed by atoms with van der Waals surface area (Å²) in [4.78, 5) is 0. The largest absolute Gasteiger partial charge is 0.460 e. The van der Waals surface area contributed by atoms with Crippen LogP contribution < -0.4 is 5.32 Å². The monoisotopic (exact) mass is 245 g/mol. The Bertz CT molecular complexity index is 485. The summed E-state index contributed by atoms with van der Waals surface area (Å²) in [5.74, 6) is 1.80. The minimum absolute atomic E-state index is 0.431. The minimum Gasteiger partial charge on any atom is -0.460 e. The molecule has 1 heterocycles. The second kappa shape index (κ2) is 5.85. The summed E-state index contributed by atoms with van der Waals surface area (Å²) < 4.78 is 5.75. The SMILES string of the molecule is CCNCc1ccc(-c2ccc([C@@H](C)O)cc2)o1. The van der Waals surface area contributed by atoms with Gasteiger partial charge < -0.3 is 14.8 Å². The molecule has 0 aliphatic rings. The Labute approximate surface area is 107 Å². The second-order valence-corrected chi connectivity index (χ2v) is 4.34. The highest BCUT2D eigenvalue weighted by atomic mass is 16.3. The van der Waals surface area contributed by atoms with Crippen LogP contribution in [0.1, 0.15) is 31.3 Å². The van der Waals surface area contributed by atoms with Gasteiger partial charge in [-0.3, -0.25) is 0 Å². The Morgan fingerprint density at radius 1 is 1.17 bits per heavy atom. The topological polar surface area (TPSA) is 45.4 Å². The van der Waals surface area contributed by atoms with Gasteiger partial charge in [0, 0.05) is 5.56 Å². The van der Waals surface area contributed by atoms with Crippen molar-refractivity contribution in [3.8, 4) is 11.3 Å². The Morgan fingerprint density at radius 2 is 1.89 bits per heavy atom. The summed E-state index contributed by atoms with van der Waals surface area (Å²) in [7, 11) is 0. The van der Waals surface area contributed by atoms with Crippen molar-refractivity contribution in [3.63, 3.8) is 0 Å². The molecule has 2 aromatic rings. The van der Waals surface area contributed by atoms with Crippen molar-refractivity contribution in [1.82, 2.24) is 5.32 Å². The van der Waals surface area contributed by atoms with Crippen LogP contribution in [-0.2, 0) is 6.54 Å². The molecule has 0 aliphatic carbocycles. The summed E-state index contributed by atoms with van der Waals surface area (Å²) in [5, 5.41) is 12.7. The third-order valence-electron chi connectivity index (χ3n) is 2.89. The molecule has 1 aromatic carbocycles. The molecule has 96 valence electrons. The first-order valence-corrected chi connectivity index (χ1v) is 6.28. The molecule has 2 N–H and O–H groups in total. The van der Waals surface area contributed by atoms with Gasteiger partial charge in [0.2, 0.25) is 0 Å². The highest BCUT2D eigenvalue weighted by Gasteiger charge is 2.06. The average Bonchev–Trinajstić information content (AvgIpc) is 2.85. The molecule has 0 spiro atoms. The number of aliphatic hydroxyl groups excluding tert-OH is 1. The van der Waals surface area contributed by atoms with E-state index in [0.29, 0.717) is 0 Å². The fourth-order valence-electron chi connectivity index (χ4n) is 1.80. The van der Waals surface area contributed by atoms with Crippen molar-refractivity contribution in [1.29, 1.82) is 0 Å². The van der Waals surface area contributed by atoms with Gasteiger partial charge in [-0.15, -0.1) is 0 Å². The number of rotatable bonds is 5. The summed E-state index contributed by atoms with van der Waals surface area (Å²) >= 11 is 0. The highest BCUT2D eigenvalue weighted by Crippen LogP contribution is 2.24. The van der Waals surface area contributed by atoms with Crippen molar-refractivity contribution in [2.24, 2.45) is 0 Å². The van der Waals surface area contributed by atoms with Crippen molar-refractivity contribution >= 4 is 0 Å². The molecule has 3 heteroatoms. The number of hydrogen-bond acceptors (Lipinski definition) is 3. The van der Waals surface area contributed by atoms with Crippen LogP contribution in [0.4, 0.5) is 0 Å². The predicted molar refractivity (Wildman–Crippen MR) is 72.2 cm³/mol. The van der Waals surface area contributed by atoms with Crippen molar-refractivity contribution in [3.05, 3.63) is 47.7 Å². The van der Waals surface area contributed by atoms with Crippen LogP contribution in [0.3, 0.4) is 0 Å². The maximum absolute atomic E-state index is 9.45. The van der Waals surface area contributed by atoms with Crippen molar-refractivity contribution in [2.45, 2.75) is 26.5 Å². The fourth-order valence-corrected chi connectivity index (χ4v) is 1.80. The van der Waals surface area contributed by atoms with E-state index in [0.717, 1.165) is 35.7 Å². The first-order valence-electron chi connectivity index (χ1n) is 6.28. The third kappa shape index (κ3) is 3.00. The number of benzene rings is 1. The van der Waals surface area contributed by atoms with Gasteiger partial charge in [-0.1, -0.05) is 31.2 Å². The Morgan fingerprint density at radius 3 is 2.50 bits per heavy atom. The summed E-state index contributed by atoms with van der Waals surface area (Å²) in [6.45, 7) is 5.51. The number of aliphatic hydroxyl groups is 1. The molecular formula is C15H19NO2. The number of furan rings is 1. The van der Waals surface area contributed by atoms with E-state index in [1.54, 1.807) is 6.92 Å². The van der Waals surface area contributed by atoms with E-state index in [4.69, 9.17) is 4.42 Å². The molecule has 1 aromatic heterocycles. The molecule has 0 fully saturated rings. The molecule has 18 heavy (non-hydrogen) atoms. The van der Waals surface area contributed by atoms with E-state index < -0.39 is 6.10 Å². The van der Waals surface area contributed by atoms with Gasteiger partial charge in [-0.05, 0) is 31.2 Å². The van der Waals surface area contributed by atoms with Crippen LogP contribution >= 0.6 is 0 Å². The van der Waals surface area contributed by atoms with Gasteiger partial charge in [0.25, 0.3) is 0 Å². The first kappa shape index (κ1) is 12.9. The molecule has 0 amide bonds. The molecule has 0 radical (unpaired) electrons.